The zero-order chi connectivity index (χ0) is 81.5. The molecule has 8 N–H and O–H groups in total. The highest BCUT2D eigenvalue weighted by molar-refractivity contribution is 7.85. The number of allylic oxidation sites excluding steroid dienone is 7. The van der Waals surface area contributed by atoms with Crippen LogP contribution in [0.2, 0.25) is 0 Å². The molecule has 31 nitrogen and oxygen atoms in total. The van der Waals surface area contributed by atoms with E-state index < -0.39 is 118 Å². The van der Waals surface area contributed by atoms with Gasteiger partial charge in [0.2, 0.25) is 11.6 Å². The number of ether oxygens (including phenoxy) is 1. The molecule has 3 atom stereocenters. The van der Waals surface area contributed by atoms with Gasteiger partial charge in [0, 0.05) is 115 Å². The summed E-state index contributed by atoms with van der Waals surface area (Å²) in [5.74, 6) is -5.86. The standard InChI is InChI=1S/C74H90N6O17S2.CO2.2O3S/c1-73(2)57-23-7-10-26-62(57)79(41-13-15-43-98(91,92)93)65(73)38-32-50-19-17-20-51(33-39-66-74(3,4)58-24-8-11-27-63(58)80(66)42-14-16-44-99(94,95)96)69(50)97-55-35-30-49(31-36-55)45-52(70(86)87)47-64(82)61(46-53-48-76-59-25-9-6-22-56(53)59)77-67(83)28-12-5-21-54(81)34-37-60(71(88)89)78-72(90)75-40-18-29-68(84)85;2-1-3;2*1-4(2)3/h6-11,22-27,30-33,35-36,38-39,48,52,60-61,76H,5,12-21,28-29,34,37,40-47H2,1-4H3,(H7-,75,77,78,83,84,85,86,87,88,89,90,91,92,93,94,95,96);;;/t52-,60+,61+;;;/m1.../s1. The predicted molar refractivity (Wildman–Crippen MR) is 399 cm³/mol. The number of rotatable bonds is 38. The van der Waals surface area contributed by atoms with E-state index >= 15 is 0 Å². The van der Waals surface area contributed by atoms with Gasteiger partial charge in [0.25, 0.3) is 10.1 Å². The minimum absolute atomic E-state index is 0.0101. The number of para-hydroxylation sites is 3. The number of unbranched alkanes of at least 4 members (excludes halogenated alkanes) is 3. The number of nitrogens with zero attached hydrogens (tertiary/aromatic N) is 2. The number of fused-ring (bicyclic) bond motifs is 3. The molecule has 2 aliphatic heterocycles. The van der Waals surface area contributed by atoms with Crippen molar-refractivity contribution in [1.82, 2.24) is 20.9 Å². The zero-order valence-electron chi connectivity index (χ0n) is 61.0. The lowest BCUT2D eigenvalue weighted by Crippen LogP contribution is -2.46. The van der Waals surface area contributed by atoms with Gasteiger partial charge in [-0.15, -0.1) is 25.3 Å². The molecular weight excluding hydrogens is 1510 g/mol. The molecule has 8 rings (SSSR count). The number of amides is 3. The summed E-state index contributed by atoms with van der Waals surface area (Å²) in [6, 6.07) is 27.3. The maximum absolute atomic E-state index is 14.5. The van der Waals surface area contributed by atoms with Crippen LogP contribution in [-0.4, -0.2) is 173 Å². The van der Waals surface area contributed by atoms with Gasteiger partial charge in [-0.25, -0.2) is 18.0 Å². The van der Waals surface area contributed by atoms with E-state index in [4.69, 9.17) is 44.7 Å². The summed E-state index contributed by atoms with van der Waals surface area (Å²) in [6.07, 6.45) is 13.4. The van der Waals surface area contributed by atoms with Crippen molar-refractivity contribution >= 4 is 117 Å². The van der Waals surface area contributed by atoms with Crippen molar-refractivity contribution in [2.45, 2.75) is 166 Å². The summed E-state index contributed by atoms with van der Waals surface area (Å²) in [5.41, 5.74) is 9.09. The average Bonchev–Trinajstić information content (AvgIpc) is 1.60. The highest BCUT2D eigenvalue weighted by atomic mass is 32.2. The number of carboxylic acid groups (broad SMARTS) is 3. The van der Waals surface area contributed by atoms with Crippen LogP contribution < -0.4 is 25.6 Å². The molecule has 4 aromatic carbocycles. The number of hydrogen-bond acceptors (Lipinski definition) is 22. The van der Waals surface area contributed by atoms with Crippen molar-refractivity contribution in [2.75, 3.05) is 36.0 Å². The first kappa shape index (κ1) is 90.2. The Morgan fingerprint density at radius 1 is 0.691 bits per heavy atom. The molecule has 0 spiro atoms. The lowest BCUT2D eigenvalue weighted by atomic mass is 9.81. The van der Waals surface area contributed by atoms with Crippen LogP contribution in [0.15, 0.2) is 150 Å². The van der Waals surface area contributed by atoms with E-state index in [1.165, 1.54) is 0 Å². The topological polar surface area (TPSA) is 496 Å². The Labute approximate surface area is 639 Å². The van der Waals surface area contributed by atoms with Gasteiger partial charge >= 0.3 is 51.3 Å². The number of aromatic nitrogens is 1. The fraction of sp³-hybridized carbons (Fsp3) is 0.427. The third-order valence-electron chi connectivity index (χ3n) is 18.5. The molecular formula is C75H90N6O25S4. The Morgan fingerprint density at radius 2 is 1.32 bits per heavy atom. The number of aromatic amines is 1. The Bertz CT molecular complexity index is 4790. The first-order valence-corrected chi connectivity index (χ1v) is 40.3. The molecule has 3 heterocycles. The predicted octanol–water partition coefficient (Wildman–Crippen LogP) is 8.08. The molecule has 0 bridgehead atoms. The summed E-state index contributed by atoms with van der Waals surface area (Å²) >= 11 is 0. The van der Waals surface area contributed by atoms with Crippen LogP contribution in [0.1, 0.15) is 153 Å². The molecule has 0 fully saturated rings. The number of hydrogen-bond donors (Lipinski definition) is 8. The molecule has 110 heavy (non-hydrogen) atoms. The van der Waals surface area contributed by atoms with Gasteiger partial charge in [-0.05, 0) is 149 Å². The van der Waals surface area contributed by atoms with Crippen molar-refractivity contribution in [3.05, 3.63) is 172 Å². The molecule has 3 aliphatic rings. The van der Waals surface area contributed by atoms with Crippen LogP contribution in [0.25, 0.3) is 10.9 Å². The quantitative estimate of drug-likeness (QED) is 0.0105. The molecule has 5 aromatic rings. The maximum atomic E-state index is 14.5. The number of aliphatic carboxylic acids is 3. The van der Waals surface area contributed by atoms with E-state index in [0.717, 1.165) is 67.9 Å². The van der Waals surface area contributed by atoms with E-state index in [1.54, 1.807) is 30.5 Å². The number of carbonyl (C=O) groups is 7. The second-order valence-corrected chi connectivity index (χ2v) is 31.0. The summed E-state index contributed by atoms with van der Waals surface area (Å²) in [4.78, 5) is 111. The number of urea groups is 1. The lowest BCUT2D eigenvalue weighted by Gasteiger charge is -2.28. The smallest absolute Gasteiger partial charge is 0.425 e. The normalized spacial score (nSPS) is 15.6. The second-order valence-electron chi connectivity index (χ2n) is 27.1. The number of H-pyrrole nitrogens is 1. The zero-order valence-corrected chi connectivity index (χ0v) is 64.3. The van der Waals surface area contributed by atoms with E-state index in [2.05, 4.69) is 94.5 Å². The van der Waals surface area contributed by atoms with Crippen molar-refractivity contribution in [3.8, 4) is 5.75 Å². The van der Waals surface area contributed by atoms with Gasteiger partial charge in [0.1, 0.15) is 29.9 Å². The largest absolute Gasteiger partial charge is 0.748 e. The fourth-order valence-electron chi connectivity index (χ4n) is 13.3. The number of ketones is 2. The van der Waals surface area contributed by atoms with Gasteiger partial charge in [0.05, 0.1) is 33.2 Å². The molecule has 1 aliphatic carbocycles. The summed E-state index contributed by atoms with van der Waals surface area (Å²) in [7, 11) is -14.8. The summed E-state index contributed by atoms with van der Waals surface area (Å²) in [6.45, 7) is 9.53. The van der Waals surface area contributed by atoms with Gasteiger partial charge < -0.3 is 50.4 Å². The van der Waals surface area contributed by atoms with E-state index in [9.17, 15) is 69.7 Å². The van der Waals surface area contributed by atoms with E-state index in [0.29, 0.717) is 55.8 Å². The van der Waals surface area contributed by atoms with Crippen molar-refractivity contribution in [1.29, 1.82) is 0 Å². The average molecular weight is 1600 g/mol. The molecule has 0 radical (unpaired) electrons. The monoisotopic (exact) mass is 1600 g/mol. The van der Waals surface area contributed by atoms with Gasteiger partial charge in [-0.3, -0.25) is 28.5 Å². The van der Waals surface area contributed by atoms with Crippen LogP contribution in [0.4, 0.5) is 16.2 Å². The minimum atomic E-state index is -4.40. The lowest BCUT2D eigenvalue weighted by molar-refractivity contribution is -0.438. The highest BCUT2D eigenvalue weighted by Gasteiger charge is 2.44. The first-order valence-electron chi connectivity index (χ1n) is 35.1. The third-order valence-corrected chi connectivity index (χ3v) is 20.1. The van der Waals surface area contributed by atoms with E-state index in [1.807, 2.05) is 60.7 Å². The minimum Gasteiger partial charge on any atom is -0.748 e. The number of anilines is 1. The molecule has 594 valence electrons. The van der Waals surface area contributed by atoms with Crippen LogP contribution in [0.5, 0.6) is 5.75 Å². The Kier molecular flexibility index (Phi) is 35.3. The first-order chi connectivity index (χ1) is 51.9. The molecule has 1 aromatic heterocycles. The number of carbonyl (C=O) groups excluding carboxylic acids is 6. The molecule has 35 heteroatoms. The summed E-state index contributed by atoms with van der Waals surface area (Å²) in [5, 5.41) is 37.5. The van der Waals surface area contributed by atoms with Gasteiger partial charge in [0.15, 0.2) is 11.5 Å². The number of benzene rings is 4. The number of Topliss-reactive ketones (excluding diaryl/α,β-unsaturated/α-hetero) is 2. The van der Waals surface area contributed by atoms with E-state index in [-0.39, 0.29) is 101 Å². The Morgan fingerprint density at radius 3 is 1.96 bits per heavy atom. The Hall–Kier alpha value is -10.4. The van der Waals surface area contributed by atoms with Crippen LogP contribution >= 0.6 is 0 Å². The van der Waals surface area contributed by atoms with Crippen LogP contribution in [0.3, 0.4) is 0 Å². The molecule has 0 unspecified atom stereocenters. The molecule has 3 amide bonds. The van der Waals surface area contributed by atoms with Crippen molar-refractivity contribution < 1.29 is 119 Å². The maximum Gasteiger partial charge on any atom is 0.425 e. The molecule has 0 saturated heterocycles. The third kappa shape index (κ3) is 29.2. The highest BCUT2D eigenvalue weighted by Crippen LogP contribution is 2.48. The second kappa shape index (κ2) is 43.1. The number of carboxylic acids is 3. The van der Waals surface area contributed by atoms with Gasteiger partial charge in [-0.1, -0.05) is 86.7 Å². The van der Waals surface area contributed by atoms with Gasteiger partial charge in [-0.2, -0.15) is 22.6 Å². The van der Waals surface area contributed by atoms with Crippen LogP contribution in [0, 0.1) is 5.92 Å². The number of nitrogens with one attached hydrogen (secondary N) is 4. The summed E-state index contributed by atoms with van der Waals surface area (Å²) < 4.78 is 128. The fourth-order valence-corrected chi connectivity index (χ4v) is 14.4. The Balaban J connectivity index is 0.00000185. The van der Waals surface area contributed by atoms with Crippen LogP contribution in [-0.2, 0) is 103 Å². The molecule has 0 saturated carbocycles. The van der Waals surface area contributed by atoms with Crippen molar-refractivity contribution in [2.24, 2.45) is 5.92 Å². The SMILES string of the molecule is CC1(C)C(=CC=C2CCCC(C=CC3=[N+](CCCCS(=O)(=O)O)c4ccccc4C3(C)C)=C2Oc2ccc(C[C@H](CC(=O)[C@H](Cc3c[nH]c4ccccc34)NC(=O)CCCCC(=O)CC[C@H](NC(=O)NCCCC(=O)O)C(=O)O)C(=O)O)cc2)N(CCCCS(=O)(=O)[O-])c2ccccc21.O=C=O.O=S(=O)=O.O=S(=O)=O. The van der Waals surface area contributed by atoms with Crippen molar-refractivity contribution in [3.63, 3.8) is 0 Å².